The van der Waals surface area contributed by atoms with E-state index in [9.17, 15) is 0 Å². The fourth-order valence-corrected chi connectivity index (χ4v) is 7.74. The molecule has 10 aromatic rings. The lowest BCUT2D eigenvalue weighted by atomic mass is 9.87. The molecular weight excluding hydrogens is 605 g/mol. The number of aromatic nitrogens is 2. The molecule has 0 aliphatic heterocycles. The van der Waals surface area contributed by atoms with Gasteiger partial charge in [-0.2, -0.15) is 0 Å². The molecule has 0 spiro atoms. The van der Waals surface area contributed by atoms with Gasteiger partial charge in [-0.1, -0.05) is 164 Å². The summed E-state index contributed by atoms with van der Waals surface area (Å²) in [6, 6.07) is 65.1. The summed E-state index contributed by atoms with van der Waals surface area (Å²) in [5, 5.41) is 12.3. The van der Waals surface area contributed by atoms with Gasteiger partial charge in [0.15, 0.2) is 5.82 Å². The third kappa shape index (κ3) is 4.57. The van der Waals surface area contributed by atoms with Crippen LogP contribution in [0.2, 0.25) is 0 Å². The standard InChI is InChI=1S/C48H30N2/c1-2-15-32(16-3-1)48-49-45(30-46(50-48)44-29-33-17-5-8-20-36(33)38-22-10-11-23-39(38)44)40-24-12-13-25-41(40)47-37-21-9-6-18-34(37)28-43-35-19-7-4-14-31(35)26-27-42(43)47/h1-30H. The first-order valence-corrected chi connectivity index (χ1v) is 17.1. The van der Waals surface area contributed by atoms with Gasteiger partial charge in [-0.05, 0) is 83.2 Å². The van der Waals surface area contributed by atoms with Crippen LogP contribution in [0.3, 0.4) is 0 Å². The molecular formula is C48H30N2. The average molecular weight is 635 g/mol. The van der Waals surface area contributed by atoms with Crippen molar-refractivity contribution >= 4 is 53.9 Å². The Labute approximate surface area is 290 Å². The predicted molar refractivity (Wildman–Crippen MR) is 211 cm³/mol. The van der Waals surface area contributed by atoms with Gasteiger partial charge in [0.25, 0.3) is 0 Å². The summed E-state index contributed by atoms with van der Waals surface area (Å²) in [5.74, 6) is 0.707. The second-order valence-corrected chi connectivity index (χ2v) is 12.9. The molecule has 10 rings (SSSR count). The van der Waals surface area contributed by atoms with E-state index in [1.807, 2.05) is 6.07 Å². The number of fused-ring (bicyclic) bond motifs is 7. The highest BCUT2D eigenvalue weighted by Crippen LogP contribution is 2.44. The first-order valence-electron chi connectivity index (χ1n) is 17.1. The van der Waals surface area contributed by atoms with Crippen LogP contribution in [0.4, 0.5) is 0 Å². The quantitative estimate of drug-likeness (QED) is 0.142. The zero-order valence-electron chi connectivity index (χ0n) is 27.2. The molecule has 0 N–H and O–H groups in total. The molecule has 0 amide bonds. The summed E-state index contributed by atoms with van der Waals surface area (Å²) >= 11 is 0. The molecule has 1 heterocycles. The van der Waals surface area contributed by atoms with Crippen LogP contribution >= 0.6 is 0 Å². The van der Waals surface area contributed by atoms with Crippen molar-refractivity contribution in [3.8, 4) is 45.0 Å². The maximum atomic E-state index is 5.33. The summed E-state index contributed by atoms with van der Waals surface area (Å²) in [6.45, 7) is 0. The number of nitrogens with zero attached hydrogens (tertiary/aromatic N) is 2. The Balaban J connectivity index is 1.29. The maximum absolute atomic E-state index is 5.33. The summed E-state index contributed by atoms with van der Waals surface area (Å²) in [7, 11) is 0. The molecule has 2 nitrogen and oxygen atoms in total. The average Bonchev–Trinajstić information content (AvgIpc) is 3.20. The Morgan fingerprint density at radius 3 is 1.58 bits per heavy atom. The molecule has 0 bridgehead atoms. The number of hydrogen-bond acceptors (Lipinski definition) is 2. The van der Waals surface area contributed by atoms with E-state index in [2.05, 4.69) is 176 Å². The van der Waals surface area contributed by atoms with Crippen LogP contribution in [-0.2, 0) is 0 Å². The summed E-state index contributed by atoms with van der Waals surface area (Å²) < 4.78 is 0. The molecule has 9 aromatic carbocycles. The van der Waals surface area contributed by atoms with Crippen molar-refractivity contribution in [2.75, 3.05) is 0 Å². The molecule has 0 atom stereocenters. The van der Waals surface area contributed by atoms with Crippen LogP contribution in [-0.4, -0.2) is 9.97 Å². The molecule has 0 aliphatic rings. The second-order valence-electron chi connectivity index (χ2n) is 12.9. The lowest BCUT2D eigenvalue weighted by Gasteiger charge is -2.18. The third-order valence-corrected chi connectivity index (χ3v) is 10.0. The van der Waals surface area contributed by atoms with E-state index in [-0.39, 0.29) is 0 Å². The van der Waals surface area contributed by atoms with Gasteiger partial charge in [0, 0.05) is 16.7 Å². The van der Waals surface area contributed by atoms with Crippen LogP contribution in [0, 0.1) is 0 Å². The van der Waals surface area contributed by atoms with Gasteiger partial charge in [0.1, 0.15) is 0 Å². The predicted octanol–water partition coefficient (Wildman–Crippen LogP) is 12.9. The number of hydrogen-bond donors (Lipinski definition) is 0. The van der Waals surface area contributed by atoms with Crippen molar-refractivity contribution in [2.45, 2.75) is 0 Å². The van der Waals surface area contributed by atoms with Gasteiger partial charge in [-0.3, -0.25) is 0 Å². The van der Waals surface area contributed by atoms with Gasteiger partial charge in [-0.25, -0.2) is 9.97 Å². The van der Waals surface area contributed by atoms with E-state index in [0.717, 1.165) is 33.6 Å². The topological polar surface area (TPSA) is 25.8 Å². The zero-order valence-corrected chi connectivity index (χ0v) is 27.2. The first kappa shape index (κ1) is 28.4. The van der Waals surface area contributed by atoms with Crippen molar-refractivity contribution in [1.29, 1.82) is 0 Å². The number of benzene rings is 9. The summed E-state index contributed by atoms with van der Waals surface area (Å²) in [6.07, 6.45) is 0. The lowest BCUT2D eigenvalue weighted by Crippen LogP contribution is -1.98. The van der Waals surface area contributed by atoms with Gasteiger partial charge < -0.3 is 0 Å². The van der Waals surface area contributed by atoms with Gasteiger partial charge in [0.2, 0.25) is 0 Å². The third-order valence-electron chi connectivity index (χ3n) is 10.0. The van der Waals surface area contributed by atoms with Crippen molar-refractivity contribution in [1.82, 2.24) is 9.97 Å². The monoisotopic (exact) mass is 634 g/mol. The first-order chi connectivity index (χ1) is 24.8. The van der Waals surface area contributed by atoms with E-state index in [1.54, 1.807) is 0 Å². The van der Waals surface area contributed by atoms with E-state index >= 15 is 0 Å². The van der Waals surface area contributed by atoms with Crippen LogP contribution in [0.1, 0.15) is 0 Å². The highest BCUT2D eigenvalue weighted by molar-refractivity contribution is 6.21. The molecule has 0 saturated carbocycles. The zero-order chi connectivity index (χ0) is 33.0. The van der Waals surface area contributed by atoms with Crippen molar-refractivity contribution in [3.63, 3.8) is 0 Å². The molecule has 1 aromatic heterocycles. The molecule has 232 valence electrons. The SMILES string of the molecule is c1ccc(-c2nc(-c3ccccc3-c3c4ccccc4cc4c3ccc3ccccc34)cc(-c3cc4ccccc4c4ccccc34)n2)cc1. The number of rotatable bonds is 4. The Hall–Kier alpha value is -6.64. The smallest absolute Gasteiger partial charge is 0.160 e. The normalized spacial score (nSPS) is 11.6. The summed E-state index contributed by atoms with van der Waals surface area (Å²) in [5.41, 5.74) is 7.32. The van der Waals surface area contributed by atoms with Crippen LogP contribution in [0.5, 0.6) is 0 Å². The highest BCUT2D eigenvalue weighted by Gasteiger charge is 2.19. The van der Waals surface area contributed by atoms with E-state index in [1.165, 1.54) is 59.4 Å². The van der Waals surface area contributed by atoms with E-state index < -0.39 is 0 Å². The Morgan fingerprint density at radius 1 is 0.280 bits per heavy atom. The fraction of sp³-hybridized carbons (Fsp3) is 0. The lowest BCUT2D eigenvalue weighted by molar-refractivity contribution is 1.19. The second kappa shape index (κ2) is 11.5. The van der Waals surface area contributed by atoms with Gasteiger partial charge in [-0.15, -0.1) is 0 Å². The molecule has 2 heteroatoms. The largest absolute Gasteiger partial charge is 0.228 e. The molecule has 0 unspecified atom stereocenters. The fourth-order valence-electron chi connectivity index (χ4n) is 7.74. The van der Waals surface area contributed by atoms with Crippen molar-refractivity contribution < 1.29 is 0 Å². The van der Waals surface area contributed by atoms with Crippen molar-refractivity contribution in [2.24, 2.45) is 0 Å². The minimum Gasteiger partial charge on any atom is -0.228 e. The minimum absolute atomic E-state index is 0.707. The van der Waals surface area contributed by atoms with Gasteiger partial charge >= 0.3 is 0 Å². The molecule has 0 saturated heterocycles. The van der Waals surface area contributed by atoms with Crippen LogP contribution in [0.15, 0.2) is 182 Å². The maximum Gasteiger partial charge on any atom is 0.160 e. The Bertz CT molecular complexity index is 2920. The Kier molecular flexibility index (Phi) is 6.53. The summed E-state index contributed by atoms with van der Waals surface area (Å²) in [4.78, 5) is 10.6. The Morgan fingerprint density at radius 2 is 0.820 bits per heavy atom. The van der Waals surface area contributed by atoms with Gasteiger partial charge in [0.05, 0.1) is 11.4 Å². The highest BCUT2D eigenvalue weighted by atomic mass is 14.9. The molecule has 50 heavy (non-hydrogen) atoms. The van der Waals surface area contributed by atoms with Crippen LogP contribution in [0.25, 0.3) is 98.9 Å². The minimum atomic E-state index is 0.707. The van der Waals surface area contributed by atoms with Crippen molar-refractivity contribution in [3.05, 3.63) is 182 Å². The molecule has 0 radical (unpaired) electrons. The van der Waals surface area contributed by atoms with E-state index in [4.69, 9.17) is 9.97 Å². The van der Waals surface area contributed by atoms with E-state index in [0.29, 0.717) is 5.82 Å². The van der Waals surface area contributed by atoms with Crippen LogP contribution < -0.4 is 0 Å². The molecule has 0 fully saturated rings. The molecule has 0 aliphatic carbocycles.